The number of hydrogen-bond acceptors (Lipinski definition) is 2. The topological polar surface area (TPSA) is 49.3 Å². The smallest absolute Gasteiger partial charge is 0.326 e. The van der Waals surface area contributed by atoms with Gasteiger partial charge in [-0.05, 0) is 65.6 Å². The van der Waals surface area contributed by atoms with E-state index in [0.717, 1.165) is 22.1 Å². The molecule has 2 rings (SSSR count). The highest BCUT2D eigenvalue weighted by molar-refractivity contribution is 14.1. The maximum Gasteiger partial charge on any atom is 0.326 e. The van der Waals surface area contributed by atoms with E-state index in [9.17, 15) is 4.79 Å². The van der Waals surface area contributed by atoms with E-state index in [1.54, 1.807) is 0 Å². The van der Waals surface area contributed by atoms with Crippen LogP contribution in [0.1, 0.15) is 12.8 Å². The van der Waals surface area contributed by atoms with Crippen LogP contribution in [0.15, 0.2) is 24.3 Å². The van der Waals surface area contributed by atoms with Gasteiger partial charge in [-0.15, -0.1) is 0 Å². The van der Waals surface area contributed by atoms with Crippen LogP contribution in [0.4, 0.5) is 5.69 Å². The molecule has 1 aromatic rings. The third-order valence-electron chi connectivity index (χ3n) is 2.53. The van der Waals surface area contributed by atoms with Crippen molar-refractivity contribution in [2.24, 2.45) is 5.92 Å². The highest BCUT2D eigenvalue weighted by Gasteiger charge is 2.36. The van der Waals surface area contributed by atoms with Crippen LogP contribution in [0.5, 0.6) is 0 Å². The van der Waals surface area contributed by atoms with Crippen molar-refractivity contribution >= 4 is 34.2 Å². The minimum absolute atomic E-state index is 0.307. The van der Waals surface area contributed by atoms with Gasteiger partial charge in [-0.1, -0.05) is 0 Å². The molecule has 0 bridgehead atoms. The van der Waals surface area contributed by atoms with Gasteiger partial charge in [-0.3, -0.25) is 0 Å². The Kier molecular flexibility index (Phi) is 3.14. The number of carboxylic acids is 1. The summed E-state index contributed by atoms with van der Waals surface area (Å²) in [5, 5.41) is 12.1. The summed E-state index contributed by atoms with van der Waals surface area (Å²) >= 11 is 2.23. The molecule has 1 aliphatic rings. The number of benzene rings is 1. The Morgan fingerprint density at radius 1 is 1.40 bits per heavy atom. The Bertz CT molecular complexity index is 359. The zero-order valence-electron chi connectivity index (χ0n) is 8.11. The number of carbonyl (C=O) groups is 1. The zero-order chi connectivity index (χ0) is 10.8. The number of aliphatic carboxylic acids is 1. The molecule has 3 nitrogen and oxygen atoms in total. The van der Waals surface area contributed by atoms with Gasteiger partial charge in [0.15, 0.2) is 0 Å². The largest absolute Gasteiger partial charge is 0.480 e. The van der Waals surface area contributed by atoms with Gasteiger partial charge in [-0.25, -0.2) is 4.79 Å². The predicted molar refractivity (Wildman–Crippen MR) is 66.9 cm³/mol. The lowest BCUT2D eigenvalue weighted by Gasteiger charge is -2.14. The zero-order valence-corrected chi connectivity index (χ0v) is 10.3. The van der Waals surface area contributed by atoms with Crippen LogP contribution in [0.3, 0.4) is 0 Å². The predicted octanol–water partition coefficient (Wildman–Crippen LogP) is 2.57. The van der Waals surface area contributed by atoms with E-state index in [1.807, 2.05) is 24.3 Å². The first-order valence-corrected chi connectivity index (χ1v) is 5.99. The number of hydrogen-bond donors (Lipinski definition) is 2. The summed E-state index contributed by atoms with van der Waals surface area (Å²) in [6.07, 6.45) is 2.04. The fourth-order valence-corrected chi connectivity index (χ4v) is 1.90. The standard InChI is InChI=1S/C11H12INO2/c12-8-3-5-9(6-4-8)13-10(11(14)15)7-1-2-7/h3-7,10,13H,1-2H2,(H,14,15). The second-order valence-corrected chi connectivity index (χ2v) is 5.05. The fourth-order valence-electron chi connectivity index (χ4n) is 1.54. The molecule has 1 atom stereocenters. The van der Waals surface area contributed by atoms with Crippen molar-refractivity contribution in [3.05, 3.63) is 27.8 Å². The number of carboxylic acid groups (broad SMARTS) is 1. The molecule has 1 aliphatic carbocycles. The maximum atomic E-state index is 11.0. The van der Waals surface area contributed by atoms with E-state index in [1.165, 1.54) is 0 Å². The van der Waals surface area contributed by atoms with Gasteiger partial charge < -0.3 is 10.4 Å². The van der Waals surface area contributed by atoms with E-state index >= 15 is 0 Å². The molecule has 0 saturated heterocycles. The van der Waals surface area contributed by atoms with Crippen LogP contribution in [0, 0.1) is 9.49 Å². The lowest BCUT2D eigenvalue weighted by molar-refractivity contribution is -0.138. The van der Waals surface area contributed by atoms with E-state index in [2.05, 4.69) is 27.9 Å². The average Bonchev–Trinajstić information content (AvgIpc) is 3.00. The third kappa shape index (κ3) is 2.84. The lowest BCUT2D eigenvalue weighted by atomic mass is 10.2. The summed E-state index contributed by atoms with van der Waals surface area (Å²) in [6, 6.07) is 7.34. The molecule has 1 aromatic carbocycles. The summed E-state index contributed by atoms with van der Waals surface area (Å²) in [5.74, 6) is -0.446. The van der Waals surface area contributed by atoms with Crippen LogP contribution < -0.4 is 5.32 Å². The van der Waals surface area contributed by atoms with E-state index < -0.39 is 12.0 Å². The molecule has 0 amide bonds. The number of anilines is 1. The molecule has 80 valence electrons. The van der Waals surface area contributed by atoms with E-state index in [0.29, 0.717) is 5.92 Å². The Hall–Kier alpha value is -0.780. The van der Waals surface area contributed by atoms with E-state index in [4.69, 9.17) is 5.11 Å². The quantitative estimate of drug-likeness (QED) is 0.839. The molecule has 0 aromatic heterocycles. The molecule has 1 fully saturated rings. The Morgan fingerprint density at radius 2 is 2.00 bits per heavy atom. The molecule has 0 spiro atoms. The minimum Gasteiger partial charge on any atom is -0.480 e. The van der Waals surface area contributed by atoms with Crippen molar-refractivity contribution in [3.63, 3.8) is 0 Å². The highest BCUT2D eigenvalue weighted by atomic mass is 127. The summed E-state index contributed by atoms with van der Waals surface area (Å²) < 4.78 is 1.15. The molecular weight excluding hydrogens is 305 g/mol. The van der Waals surface area contributed by atoms with Crippen LogP contribution in [-0.2, 0) is 4.79 Å². The number of nitrogens with one attached hydrogen (secondary N) is 1. The van der Waals surface area contributed by atoms with Gasteiger partial charge in [0.25, 0.3) is 0 Å². The third-order valence-corrected chi connectivity index (χ3v) is 3.25. The van der Waals surface area contributed by atoms with Gasteiger partial charge in [0.1, 0.15) is 6.04 Å². The Balaban J connectivity index is 2.05. The lowest BCUT2D eigenvalue weighted by Crippen LogP contribution is -2.31. The molecule has 15 heavy (non-hydrogen) atoms. The van der Waals surface area contributed by atoms with Gasteiger partial charge >= 0.3 is 5.97 Å². The normalized spacial score (nSPS) is 17.1. The van der Waals surface area contributed by atoms with Crippen molar-refractivity contribution in [2.75, 3.05) is 5.32 Å². The van der Waals surface area contributed by atoms with Crippen LogP contribution in [-0.4, -0.2) is 17.1 Å². The summed E-state index contributed by atoms with van der Waals surface area (Å²) in [7, 11) is 0. The van der Waals surface area contributed by atoms with Crippen molar-refractivity contribution in [1.29, 1.82) is 0 Å². The number of rotatable bonds is 4. The minimum atomic E-state index is -0.754. The van der Waals surface area contributed by atoms with Crippen molar-refractivity contribution in [2.45, 2.75) is 18.9 Å². The Morgan fingerprint density at radius 3 is 2.47 bits per heavy atom. The van der Waals surface area contributed by atoms with Crippen molar-refractivity contribution in [3.8, 4) is 0 Å². The van der Waals surface area contributed by atoms with Gasteiger partial charge in [0.2, 0.25) is 0 Å². The second-order valence-electron chi connectivity index (χ2n) is 3.80. The van der Waals surface area contributed by atoms with Gasteiger partial charge in [0, 0.05) is 9.26 Å². The molecule has 0 heterocycles. The van der Waals surface area contributed by atoms with Crippen LogP contribution in [0.2, 0.25) is 0 Å². The summed E-state index contributed by atoms with van der Waals surface area (Å²) in [4.78, 5) is 11.0. The van der Waals surface area contributed by atoms with E-state index in [-0.39, 0.29) is 0 Å². The van der Waals surface area contributed by atoms with Gasteiger partial charge in [0.05, 0.1) is 0 Å². The molecule has 0 radical (unpaired) electrons. The number of halogens is 1. The van der Waals surface area contributed by atoms with Crippen LogP contribution in [0.25, 0.3) is 0 Å². The Labute approximate surface area is 102 Å². The second kappa shape index (κ2) is 4.38. The summed E-state index contributed by atoms with van der Waals surface area (Å²) in [5.41, 5.74) is 0.884. The molecule has 2 N–H and O–H groups in total. The first-order valence-electron chi connectivity index (χ1n) is 4.92. The molecule has 0 aliphatic heterocycles. The summed E-state index contributed by atoms with van der Waals surface area (Å²) in [6.45, 7) is 0. The highest BCUT2D eigenvalue weighted by Crippen LogP contribution is 2.34. The van der Waals surface area contributed by atoms with Crippen LogP contribution >= 0.6 is 22.6 Å². The molecule has 1 unspecified atom stereocenters. The fraction of sp³-hybridized carbons (Fsp3) is 0.364. The molecule has 4 heteroatoms. The monoisotopic (exact) mass is 317 g/mol. The first-order chi connectivity index (χ1) is 7.16. The molecular formula is C11H12INO2. The average molecular weight is 317 g/mol. The molecule has 1 saturated carbocycles. The SMILES string of the molecule is O=C(O)C(Nc1ccc(I)cc1)C1CC1. The van der Waals surface area contributed by atoms with Crippen molar-refractivity contribution in [1.82, 2.24) is 0 Å². The maximum absolute atomic E-state index is 11.0. The van der Waals surface area contributed by atoms with Crippen molar-refractivity contribution < 1.29 is 9.90 Å². The first kappa shape index (κ1) is 10.7. The van der Waals surface area contributed by atoms with Gasteiger partial charge in [-0.2, -0.15) is 0 Å².